The van der Waals surface area contributed by atoms with E-state index in [0.717, 1.165) is 68.4 Å². The van der Waals surface area contributed by atoms with E-state index in [1.54, 1.807) is 16.7 Å². The number of amides is 2. The molecule has 1 aromatic rings. The van der Waals surface area contributed by atoms with Crippen molar-refractivity contribution in [2.45, 2.75) is 97.2 Å². The van der Waals surface area contributed by atoms with Gasteiger partial charge in [-0.15, -0.1) is 0 Å². The lowest BCUT2D eigenvalue weighted by Crippen LogP contribution is -2.65. The van der Waals surface area contributed by atoms with Gasteiger partial charge in [-0.3, -0.25) is 14.3 Å². The van der Waals surface area contributed by atoms with Crippen LogP contribution in [0.25, 0.3) is 5.57 Å². The molecule has 0 aromatic carbocycles. The fraction of sp³-hybridized carbons (Fsp3) is 0.679. The van der Waals surface area contributed by atoms with Gasteiger partial charge in [0.05, 0.1) is 25.5 Å². The molecular weight excluding hydrogens is 456 g/mol. The Labute approximate surface area is 216 Å². The fourth-order valence-corrected chi connectivity index (χ4v) is 5.01. The van der Waals surface area contributed by atoms with E-state index in [9.17, 15) is 9.59 Å². The van der Waals surface area contributed by atoms with Crippen molar-refractivity contribution in [3.63, 3.8) is 0 Å². The van der Waals surface area contributed by atoms with Gasteiger partial charge in [0.25, 0.3) is 5.91 Å². The van der Waals surface area contributed by atoms with Crippen LogP contribution in [-0.2, 0) is 20.8 Å². The zero-order chi connectivity index (χ0) is 26.1. The quantitative estimate of drug-likeness (QED) is 0.374. The second-order valence-corrected chi connectivity index (χ2v) is 10.0. The number of nitrogens with one attached hydrogen (secondary N) is 1. The first kappa shape index (κ1) is 28.0. The Kier molecular flexibility index (Phi) is 10.2. The Morgan fingerprint density at radius 1 is 1.19 bits per heavy atom. The predicted molar refractivity (Wildman–Crippen MR) is 141 cm³/mol. The summed E-state index contributed by atoms with van der Waals surface area (Å²) >= 11 is 0. The summed E-state index contributed by atoms with van der Waals surface area (Å²) in [6.07, 6.45) is 11.7. The third-order valence-corrected chi connectivity index (χ3v) is 7.11. The van der Waals surface area contributed by atoms with Crippen molar-refractivity contribution in [1.82, 2.24) is 20.0 Å². The van der Waals surface area contributed by atoms with Crippen molar-refractivity contribution in [3.8, 4) is 0 Å². The van der Waals surface area contributed by atoms with Crippen LogP contribution in [0.5, 0.6) is 0 Å². The lowest BCUT2D eigenvalue weighted by Gasteiger charge is -2.43. The van der Waals surface area contributed by atoms with E-state index >= 15 is 0 Å². The molecule has 0 saturated carbocycles. The summed E-state index contributed by atoms with van der Waals surface area (Å²) in [4.78, 5) is 29.1. The minimum atomic E-state index is -1.06. The number of hydrogen-bond acceptors (Lipinski definition) is 5. The predicted octanol–water partition coefficient (Wildman–Crippen LogP) is 4.71. The molecule has 0 fully saturated rings. The highest BCUT2D eigenvalue weighted by molar-refractivity contribution is 6.00. The van der Waals surface area contributed by atoms with Crippen molar-refractivity contribution < 1.29 is 19.1 Å². The number of hydrogen-bond donors (Lipinski definition) is 1. The number of nitrogens with zero attached hydrogens (tertiary/aromatic N) is 3. The van der Waals surface area contributed by atoms with Crippen LogP contribution < -0.4 is 5.32 Å². The first-order valence-corrected chi connectivity index (χ1v) is 13.6. The average molecular weight is 501 g/mol. The van der Waals surface area contributed by atoms with E-state index in [1.807, 2.05) is 19.1 Å². The minimum Gasteiger partial charge on any atom is -0.493 e. The molecule has 1 aromatic heterocycles. The number of methoxy groups -OCH3 is 1. The Balaban J connectivity index is 1.94. The van der Waals surface area contributed by atoms with Crippen LogP contribution in [0.1, 0.15) is 95.2 Å². The molecule has 1 unspecified atom stereocenters. The minimum absolute atomic E-state index is 0.0975. The molecular formula is C28H44N4O4. The molecule has 0 bridgehead atoms. The summed E-state index contributed by atoms with van der Waals surface area (Å²) in [7, 11) is 1.61. The second-order valence-electron chi connectivity index (χ2n) is 10.0. The summed E-state index contributed by atoms with van der Waals surface area (Å²) in [5.41, 5.74) is 1.21. The maximum absolute atomic E-state index is 13.7. The molecule has 1 N–H and O–H groups in total. The first-order chi connectivity index (χ1) is 17.4. The van der Waals surface area contributed by atoms with Crippen LogP contribution in [0.4, 0.5) is 0 Å². The van der Waals surface area contributed by atoms with Crippen molar-refractivity contribution in [3.05, 3.63) is 35.4 Å². The highest BCUT2D eigenvalue weighted by Gasteiger charge is 2.48. The van der Waals surface area contributed by atoms with E-state index in [1.165, 1.54) is 0 Å². The molecule has 0 saturated heterocycles. The van der Waals surface area contributed by atoms with Crippen LogP contribution in [0, 0.1) is 0 Å². The number of ether oxygens (including phenoxy) is 2. The highest BCUT2D eigenvalue weighted by atomic mass is 16.5. The van der Waals surface area contributed by atoms with Gasteiger partial charge in [0.1, 0.15) is 17.0 Å². The van der Waals surface area contributed by atoms with E-state index in [4.69, 9.17) is 14.6 Å². The lowest BCUT2D eigenvalue weighted by molar-refractivity contribution is -0.134. The third-order valence-electron chi connectivity index (χ3n) is 7.11. The van der Waals surface area contributed by atoms with Gasteiger partial charge in [-0.2, -0.15) is 5.10 Å². The largest absolute Gasteiger partial charge is 0.493 e. The number of rotatable bonds is 14. The van der Waals surface area contributed by atoms with E-state index in [-0.39, 0.29) is 17.9 Å². The normalized spacial score (nSPS) is 19.7. The summed E-state index contributed by atoms with van der Waals surface area (Å²) < 4.78 is 13.1. The van der Waals surface area contributed by atoms with Gasteiger partial charge in [0.15, 0.2) is 0 Å². The topological polar surface area (TPSA) is 85.7 Å². The summed E-state index contributed by atoms with van der Waals surface area (Å²) in [5.74, 6) is 0.499. The van der Waals surface area contributed by atoms with Crippen LogP contribution in [0.15, 0.2) is 24.0 Å². The Hall–Kier alpha value is -2.61. The van der Waals surface area contributed by atoms with Gasteiger partial charge in [-0.05, 0) is 51.2 Å². The van der Waals surface area contributed by atoms with E-state index < -0.39 is 5.54 Å². The van der Waals surface area contributed by atoms with Crippen LogP contribution in [0.2, 0.25) is 0 Å². The smallest absolute Gasteiger partial charge is 0.273 e. The van der Waals surface area contributed by atoms with Gasteiger partial charge in [-0.1, -0.05) is 46.1 Å². The van der Waals surface area contributed by atoms with Crippen LogP contribution >= 0.6 is 0 Å². The summed E-state index contributed by atoms with van der Waals surface area (Å²) in [5, 5.41) is 8.07. The number of fused-ring (bicyclic) bond motifs is 1. The lowest BCUT2D eigenvalue weighted by atomic mass is 9.93. The number of carbonyl (C=O) groups is 2. The molecule has 0 radical (unpaired) electrons. The zero-order valence-electron chi connectivity index (χ0n) is 22.8. The average Bonchev–Trinajstić information content (AvgIpc) is 3.28. The van der Waals surface area contributed by atoms with Crippen molar-refractivity contribution in [1.29, 1.82) is 0 Å². The number of allylic oxidation sites excluding steroid dienone is 3. The Morgan fingerprint density at radius 2 is 1.94 bits per heavy atom. The van der Waals surface area contributed by atoms with Gasteiger partial charge in [-0.25, -0.2) is 0 Å². The third kappa shape index (κ3) is 6.20. The molecule has 8 nitrogen and oxygen atoms in total. The SMILES string of the molecule is CCCCOC1=C(c2cc3n(n2)CC(C)(C(=O)NC(CCC)CCC)N(CCOC)C3=O)CCC=C1. The molecule has 200 valence electrons. The monoisotopic (exact) mass is 500 g/mol. The summed E-state index contributed by atoms with van der Waals surface area (Å²) in [6, 6.07) is 1.95. The van der Waals surface area contributed by atoms with Crippen molar-refractivity contribution in [2.75, 3.05) is 26.9 Å². The molecule has 1 atom stereocenters. The summed E-state index contributed by atoms with van der Waals surface area (Å²) in [6.45, 7) is 9.88. The highest BCUT2D eigenvalue weighted by Crippen LogP contribution is 2.33. The maximum Gasteiger partial charge on any atom is 0.273 e. The maximum atomic E-state index is 13.7. The number of aromatic nitrogens is 2. The first-order valence-electron chi connectivity index (χ1n) is 13.6. The van der Waals surface area contributed by atoms with E-state index in [2.05, 4.69) is 32.2 Å². The Morgan fingerprint density at radius 3 is 2.61 bits per heavy atom. The van der Waals surface area contributed by atoms with E-state index in [0.29, 0.717) is 32.0 Å². The van der Waals surface area contributed by atoms with Crippen molar-refractivity contribution in [2.24, 2.45) is 0 Å². The van der Waals surface area contributed by atoms with Gasteiger partial charge in [0, 0.05) is 25.3 Å². The molecule has 0 spiro atoms. The van der Waals surface area contributed by atoms with Gasteiger partial charge < -0.3 is 19.7 Å². The molecule has 2 aliphatic rings. The standard InChI is InChI=1S/C28H44N4O4/c1-6-9-17-36-25-15-11-10-14-22(25)23-19-24-26(33)31(16-18-35-5)28(4,20-32(24)30-23)27(34)29-21(12-7-2)13-8-3/h11,15,19,21H,6-10,12-14,16-18,20H2,1-5H3,(H,29,34). The number of carbonyl (C=O) groups excluding carboxylic acids is 2. The molecule has 2 heterocycles. The zero-order valence-corrected chi connectivity index (χ0v) is 22.8. The Bertz CT molecular complexity index is 961. The number of unbranched alkanes of at least 4 members (excludes halogenated alkanes) is 1. The molecule has 36 heavy (non-hydrogen) atoms. The molecule has 3 rings (SSSR count). The fourth-order valence-electron chi connectivity index (χ4n) is 5.01. The van der Waals surface area contributed by atoms with Crippen molar-refractivity contribution >= 4 is 17.4 Å². The second kappa shape index (κ2) is 13.1. The molecule has 2 amide bonds. The van der Waals surface area contributed by atoms with Gasteiger partial charge >= 0.3 is 0 Å². The van der Waals surface area contributed by atoms with Crippen LogP contribution in [-0.4, -0.2) is 64.9 Å². The molecule has 1 aliphatic carbocycles. The molecule has 1 aliphatic heterocycles. The van der Waals surface area contributed by atoms with Gasteiger partial charge in [0.2, 0.25) is 5.91 Å². The van der Waals surface area contributed by atoms with Crippen LogP contribution in [0.3, 0.4) is 0 Å². The molecule has 8 heteroatoms.